The molecule has 0 aliphatic carbocycles. The van der Waals surface area contributed by atoms with Crippen molar-refractivity contribution in [2.45, 2.75) is 6.04 Å². The van der Waals surface area contributed by atoms with Crippen molar-refractivity contribution in [2.24, 2.45) is 0 Å². The molecule has 0 aliphatic heterocycles. The third kappa shape index (κ3) is 4.82. The molecule has 0 radical (unpaired) electrons. The first-order valence-electron chi connectivity index (χ1n) is 10.6. The highest BCUT2D eigenvalue weighted by Crippen LogP contribution is 2.37. The van der Waals surface area contributed by atoms with E-state index >= 15 is 0 Å². The zero-order chi connectivity index (χ0) is 25.2. The SMILES string of the molecule is N#Cc1cnc2c(Cl)cc(NC(c3ccc(F)cc3)c3cscn3)cc2c1Nc1ccc(F)c(Cl)c1. The van der Waals surface area contributed by atoms with Crippen LogP contribution in [0.4, 0.5) is 25.8 Å². The minimum atomic E-state index is -0.550. The molecular formula is C26H15Cl2F2N5S. The van der Waals surface area contributed by atoms with Crippen LogP contribution in [0, 0.1) is 23.0 Å². The van der Waals surface area contributed by atoms with Gasteiger partial charge in [0.25, 0.3) is 0 Å². The van der Waals surface area contributed by atoms with Crippen molar-refractivity contribution < 1.29 is 8.78 Å². The van der Waals surface area contributed by atoms with Crippen LogP contribution in [0.5, 0.6) is 0 Å². The highest BCUT2D eigenvalue weighted by atomic mass is 35.5. The van der Waals surface area contributed by atoms with Crippen LogP contribution in [-0.4, -0.2) is 9.97 Å². The second kappa shape index (κ2) is 10.1. The third-order valence-electron chi connectivity index (χ3n) is 5.50. The lowest BCUT2D eigenvalue weighted by atomic mass is 10.0. The van der Waals surface area contributed by atoms with E-state index in [1.165, 1.54) is 47.9 Å². The summed E-state index contributed by atoms with van der Waals surface area (Å²) in [5, 5.41) is 19.1. The third-order valence-corrected chi connectivity index (χ3v) is 6.68. The van der Waals surface area contributed by atoms with Crippen molar-refractivity contribution in [3.8, 4) is 6.07 Å². The normalized spacial score (nSPS) is 11.8. The number of pyridine rings is 1. The van der Waals surface area contributed by atoms with Crippen molar-refractivity contribution >= 4 is 62.5 Å². The number of halogens is 4. The van der Waals surface area contributed by atoms with E-state index in [-0.39, 0.29) is 22.4 Å². The summed E-state index contributed by atoms with van der Waals surface area (Å²) in [5.41, 5.74) is 5.60. The Morgan fingerprint density at radius 1 is 0.944 bits per heavy atom. The number of rotatable bonds is 6. The summed E-state index contributed by atoms with van der Waals surface area (Å²) in [6, 6.07) is 15.6. The molecule has 2 aromatic heterocycles. The average molecular weight is 538 g/mol. The molecule has 3 aromatic carbocycles. The maximum atomic E-state index is 13.7. The topological polar surface area (TPSA) is 73.6 Å². The molecule has 1 atom stereocenters. The summed E-state index contributed by atoms with van der Waals surface area (Å²) in [6.45, 7) is 0. The number of aromatic nitrogens is 2. The number of hydrogen-bond donors (Lipinski definition) is 2. The van der Waals surface area contributed by atoms with Crippen LogP contribution in [0.1, 0.15) is 22.9 Å². The molecule has 10 heteroatoms. The van der Waals surface area contributed by atoms with Crippen LogP contribution in [0.25, 0.3) is 10.9 Å². The van der Waals surface area contributed by atoms with Gasteiger partial charge in [-0.05, 0) is 48.0 Å². The summed E-state index contributed by atoms with van der Waals surface area (Å²) in [4.78, 5) is 8.79. The first-order valence-corrected chi connectivity index (χ1v) is 12.3. The maximum absolute atomic E-state index is 13.7. The summed E-state index contributed by atoms with van der Waals surface area (Å²) >= 11 is 14.0. The molecule has 0 bridgehead atoms. The zero-order valence-electron chi connectivity index (χ0n) is 18.3. The van der Waals surface area contributed by atoms with Crippen molar-refractivity contribution in [1.29, 1.82) is 5.26 Å². The molecular weight excluding hydrogens is 523 g/mol. The lowest BCUT2D eigenvalue weighted by molar-refractivity contribution is 0.626. The van der Waals surface area contributed by atoms with Gasteiger partial charge in [-0.25, -0.2) is 13.8 Å². The Morgan fingerprint density at radius 2 is 1.72 bits per heavy atom. The summed E-state index contributed by atoms with van der Waals surface area (Å²) in [5.74, 6) is -0.887. The van der Waals surface area contributed by atoms with Gasteiger partial charge in [0.2, 0.25) is 0 Å². The Labute approximate surface area is 219 Å². The number of thiazole rings is 1. The quantitative estimate of drug-likeness (QED) is 0.229. The number of anilines is 3. The molecule has 2 N–H and O–H groups in total. The fraction of sp³-hybridized carbons (Fsp3) is 0.0385. The monoisotopic (exact) mass is 537 g/mol. The number of benzene rings is 3. The Kier molecular flexibility index (Phi) is 6.70. The number of nitrogens with one attached hydrogen (secondary N) is 2. The summed E-state index contributed by atoms with van der Waals surface area (Å²) < 4.78 is 27.2. The fourth-order valence-corrected chi connectivity index (χ4v) is 4.82. The van der Waals surface area contributed by atoms with Gasteiger partial charge >= 0.3 is 0 Å². The number of hydrogen-bond acceptors (Lipinski definition) is 6. The predicted octanol–water partition coefficient (Wildman–Crippen LogP) is 8.09. The highest BCUT2D eigenvalue weighted by Gasteiger charge is 2.19. The van der Waals surface area contributed by atoms with Gasteiger partial charge in [-0.2, -0.15) is 5.26 Å². The van der Waals surface area contributed by atoms with Crippen LogP contribution in [0.2, 0.25) is 10.0 Å². The van der Waals surface area contributed by atoms with E-state index in [9.17, 15) is 14.0 Å². The predicted molar refractivity (Wildman–Crippen MR) is 140 cm³/mol. The fourth-order valence-electron chi connectivity index (χ4n) is 3.79. The standard InChI is InChI=1S/C26H15Cl2F2N5S/c27-20-8-17(5-6-22(20)30)34-24-15(10-31)11-32-26-19(24)7-18(9-21(26)28)35-25(23-12-36-13-33-23)14-1-3-16(29)4-2-14/h1-9,11-13,25,35H,(H,32,34). The lowest BCUT2D eigenvalue weighted by Crippen LogP contribution is -2.13. The molecule has 0 fully saturated rings. The van der Waals surface area contributed by atoms with Gasteiger partial charge in [-0.15, -0.1) is 11.3 Å². The van der Waals surface area contributed by atoms with E-state index in [0.717, 1.165) is 11.3 Å². The van der Waals surface area contributed by atoms with Gasteiger partial charge in [0.1, 0.15) is 17.7 Å². The second-order valence-corrected chi connectivity index (χ2v) is 9.34. The number of nitriles is 1. The number of nitrogens with zero attached hydrogens (tertiary/aromatic N) is 3. The smallest absolute Gasteiger partial charge is 0.141 e. The molecule has 0 saturated carbocycles. The lowest BCUT2D eigenvalue weighted by Gasteiger charge is -2.20. The molecule has 0 aliphatic rings. The van der Waals surface area contributed by atoms with E-state index in [1.54, 1.807) is 23.7 Å². The van der Waals surface area contributed by atoms with Crippen molar-refractivity contribution in [3.63, 3.8) is 0 Å². The Morgan fingerprint density at radius 3 is 2.42 bits per heavy atom. The molecule has 0 amide bonds. The van der Waals surface area contributed by atoms with E-state index in [2.05, 4.69) is 26.7 Å². The first-order chi connectivity index (χ1) is 17.4. The first kappa shape index (κ1) is 23.9. The van der Waals surface area contributed by atoms with Crippen LogP contribution in [0.15, 0.2) is 71.7 Å². The largest absolute Gasteiger partial charge is 0.373 e. The van der Waals surface area contributed by atoms with Gasteiger partial charge in [0.15, 0.2) is 0 Å². The van der Waals surface area contributed by atoms with Crippen molar-refractivity contribution in [3.05, 3.63) is 110 Å². The number of fused-ring (bicyclic) bond motifs is 1. The van der Waals surface area contributed by atoms with Gasteiger partial charge < -0.3 is 10.6 Å². The summed E-state index contributed by atoms with van der Waals surface area (Å²) in [6.07, 6.45) is 1.42. The molecule has 0 spiro atoms. The molecule has 5 nitrogen and oxygen atoms in total. The zero-order valence-corrected chi connectivity index (χ0v) is 20.6. The van der Waals surface area contributed by atoms with Crippen LogP contribution < -0.4 is 10.6 Å². The van der Waals surface area contributed by atoms with Crippen molar-refractivity contribution in [2.75, 3.05) is 10.6 Å². The average Bonchev–Trinajstić information content (AvgIpc) is 3.40. The molecule has 5 rings (SSSR count). The van der Waals surface area contributed by atoms with Gasteiger partial charge in [0, 0.05) is 28.3 Å². The molecule has 5 aromatic rings. The highest BCUT2D eigenvalue weighted by molar-refractivity contribution is 7.07. The molecule has 2 heterocycles. The minimum absolute atomic E-state index is 0.0531. The molecule has 178 valence electrons. The van der Waals surface area contributed by atoms with Crippen LogP contribution in [-0.2, 0) is 0 Å². The van der Waals surface area contributed by atoms with Gasteiger partial charge in [-0.1, -0.05) is 35.3 Å². The van der Waals surface area contributed by atoms with Gasteiger partial charge in [0.05, 0.1) is 44.1 Å². The van der Waals surface area contributed by atoms with E-state index in [4.69, 9.17) is 23.2 Å². The Hall–Kier alpha value is -3.77. The molecule has 1 unspecified atom stereocenters. The van der Waals surface area contributed by atoms with E-state index in [0.29, 0.717) is 33.0 Å². The van der Waals surface area contributed by atoms with E-state index < -0.39 is 5.82 Å². The van der Waals surface area contributed by atoms with Crippen LogP contribution >= 0.6 is 34.5 Å². The summed E-state index contributed by atoms with van der Waals surface area (Å²) in [7, 11) is 0. The second-order valence-electron chi connectivity index (χ2n) is 7.81. The Bertz CT molecular complexity index is 1600. The van der Waals surface area contributed by atoms with E-state index in [1.807, 2.05) is 11.4 Å². The molecule has 36 heavy (non-hydrogen) atoms. The Balaban J connectivity index is 1.61. The van der Waals surface area contributed by atoms with Crippen molar-refractivity contribution in [1.82, 2.24) is 9.97 Å². The van der Waals surface area contributed by atoms with Gasteiger partial charge in [-0.3, -0.25) is 4.98 Å². The minimum Gasteiger partial charge on any atom is -0.373 e. The molecule has 0 saturated heterocycles. The maximum Gasteiger partial charge on any atom is 0.141 e. The van der Waals surface area contributed by atoms with Crippen LogP contribution in [0.3, 0.4) is 0 Å².